The summed E-state index contributed by atoms with van der Waals surface area (Å²) in [7, 11) is 0. The van der Waals surface area contributed by atoms with E-state index in [1.165, 1.54) is 5.56 Å². The minimum atomic E-state index is 0.480. The van der Waals surface area contributed by atoms with E-state index < -0.39 is 0 Å². The van der Waals surface area contributed by atoms with Crippen molar-refractivity contribution in [1.82, 2.24) is 19.3 Å². The van der Waals surface area contributed by atoms with Crippen molar-refractivity contribution in [3.63, 3.8) is 0 Å². The van der Waals surface area contributed by atoms with Crippen molar-refractivity contribution in [1.29, 1.82) is 0 Å². The third-order valence-electron chi connectivity index (χ3n) is 7.68. The number of benzene rings is 4. The summed E-state index contributed by atoms with van der Waals surface area (Å²) in [5, 5.41) is 6.95. The molecular formula is C36H30N4O. The van der Waals surface area contributed by atoms with Crippen LogP contribution in [0.1, 0.15) is 25.2 Å². The highest BCUT2D eigenvalue weighted by Crippen LogP contribution is 2.36. The fraction of sp³-hybridized carbons (Fsp3) is 0.111. The predicted octanol–water partition coefficient (Wildman–Crippen LogP) is 9.00. The largest absolute Gasteiger partial charge is 0.457 e. The van der Waals surface area contributed by atoms with Gasteiger partial charge in [0.25, 0.3) is 0 Å². The number of hydrogen-bond acceptors (Lipinski definition) is 3. The maximum atomic E-state index is 8.23. The van der Waals surface area contributed by atoms with Gasteiger partial charge < -0.3 is 4.74 Å². The highest BCUT2D eigenvalue weighted by atomic mass is 16.5. The van der Waals surface area contributed by atoms with Gasteiger partial charge in [-0.15, -0.1) is 0 Å². The SMILES string of the molecule is [2H]c1ccc2c(c1)c1ccc(Oc3cccc(-n4nc(C)c(-c5ccccc5)c4C)c3)cc1n2-c1cc(CC)ccn1. The van der Waals surface area contributed by atoms with Crippen molar-refractivity contribution in [3.05, 3.63) is 132 Å². The van der Waals surface area contributed by atoms with E-state index in [0.29, 0.717) is 6.04 Å². The molecular weight excluding hydrogens is 504 g/mol. The summed E-state index contributed by atoms with van der Waals surface area (Å²) in [5.74, 6) is 2.30. The Labute approximate surface area is 240 Å². The van der Waals surface area contributed by atoms with Crippen LogP contribution in [-0.2, 0) is 6.42 Å². The van der Waals surface area contributed by atoms with Gasteiger partial charge >= 0.3 is 0 Å². The number of pyridine rings is 1. The molecule has 7 rings (SSSR count). The number of nitrogens with zero attached hydrogens (tertiary/aromatic N) is 4. The van der Waals surface area contributed by atoms with Gasteiger partial charge in [0.05, 0.1) is 23.8 Å². The molecule has 200 valence electrons. The molecule has 0 spiro atoms. The minimum Gasteiger partial charge on any atom is -0.457 e. The van der Waals surface area contributed by atoms with Crippen LogP contribution in [0.3, 0.4) is 0 Å². The van der Waals surface area contributed by atoms with Crippen molar-refractivity contribution >= 4 is 21.8 Å². The number of para-hydroxylation sites is 1. The lowest BCUT2D eigenvalue weighted by molar-refractivity contribution is 0.483. The molecule has 0 fully saturated rings. The van der Waals surface area contributed by atoms with E-state index in [2.05, 4.69) is 67.8 Å². The normalized spacial score (nSPS) is 11.7. The maximum absolute atomic E-state index is 8.23. The summed E-state index contributed by atoms with van der Waals surface area (Å²) in [6.07, 6.45) is 2.79. The van der Waals surface area contributed by atoms with E-state index in [9.17, 15) is 0 Å². The molecule has 0 saturated carbocycles. The molecule has 0 N–H and O–H groups in total. The molecule has 41 heavy (non-hydrogen) atoms. The summed E-state index contributed by atoms with van der Waals surface area (Å²) < 4.78 is 18.8. The highest BCUT2D eigenvalue weighted by Gasteiger charge is 2.16. The lowest BCUT2D eigenvalue weighted by atomic mass is 10.0. The van der Waals surface area contributed by atoms with Crippen molar-refractivity contribution in [3.8, 4) is 34.1 Å². The van der Waals surface area contributed by atoms with Gasteiger partial charge in [-0.3, -0.25) is 4.57 Å². The second-order valence-corrected chi connectivity index (χ2v) is 10.3. The monoisotopic (exact) mass is 535 g/mol. The molecule has 0 amide bonds. The molecule has 0 radical (unpaired) electrons. The van der Waals surface area contributed by atoms with Crippen molar-refractivity contribution < 1.29 is 6.11 Å². The van der Waals surface area contributed by atoms with Gasteiger partial charge in [0, 0.05) is 40.4 Å². The number of aryl methyl sites for hydroxylation is 2. The lowest BCUT2D eigenvalue weighted by Gasteiger charge is -2.11. The molecule has 0 bridgehead atoms. The van der Waals surface area contributed by atoms with Crippen LogP contribution in [0.2, 0.25) is 0 Å². The maximum Gasteiger partial charge on any atom is 0.137 e. The van der Waals surface area contributed by atoms with E-state index in [1.807, 2.05) is 71.5 Å². The van der Waals surface area contributed by atoms with Crippen LogP contribution in [0.15, 0.2) is 115 Å². The van der Waals surface area contributed by atoms with Crippen molar-refractivity contribution in [2.24, 2.45) is 0 Å². The topological polar surface area (TPSA) is 44.9 Å². The smallest absolute Gasteiger partial charge is 0.137 e. The first-order valence-electron chi connectivity index (χ1n) is 14.4. The molecule has 0 saturated heterocycles. The summed E-state index contributed by atoms with van der Waals surface area (Å²) >= 11 is 0. The molecule has 3 heterocycles. The fourth-order valence-corrected chi connectivity index (χ4v) is 5.73. The molecule has 0 unspecified atom stereocenters. The molecule has 4 aromatic carbocycles. The van der Waals surface area contributed by atoms with E-state index in [0.717, 1.165) is 73.7 Å². The summed E-state index contributed by atoms with van der Waals surface area (Å²) in [6, 6.07) is 34.9. The summed E-state index contributed by atoms with van der Waals surface area (Å²) in [5.41, 5.74) is 8.53. The number of hydrogen-bond donors (Lipinski definition) is 0. The molecule has 0 aliphatic rings. The standard InChI is InChI=1S/C36H30N4O/c1-4-26-19-20-37-35(21-26)39-33-16-9-8-15-31(33)32-18-17-30(23-34(32)39)41-29-14-10-13-28(22-29)40-25(3)36(24(2)38-40)27-11-6-5-7-12-27/h5-23H,4H2,1-3H3/i8D. The Bertz CT molecular complexity index is 2090. The average molecular weight is 536 g/mol. The van der Waals surface area contributed by atoms with E-state index in [-0.39, 0.29) is 0 Å². The van der Waals surface area contributed by atoms with Crippen LogP contribution in [0.4, 0.5) is 0 Å². The van der Waals surface area contributed by atoms with Crippen molar-refractivity contribution in [2.45, 2.75) is 27.2 Å². The van der Waals surface area contributed by atoms with Gasteiger partial charge in [0.15, 0.2) is 0 Å². The number of ether oxygens (including phenoxy) is 1. The molecule has 5 heteroatoms. The van der Waals surface area contributed by atoms with E-state index in [1.54, 1.807) is 0 Å². The number of aromatic nitrogens is 4. The first-order valence-corrected chi connectivity index (χ1v) is 13.9. The number of rotatable bonds is 6. The van der Waals surface area contributed by atoms with Crippen LogP contribution in [0, 0.1) is 13.8 Å². The minimum absolute atomic E-state index is 0.480. The average Bonchev–Trinajstić information content (AvgIpc) is 3.49. The first-order chi connectivity index (χ1) is 20.5. The van der Waals surface area contributed by atoms with Crippen LogP contribution < -0.4 is 4.74 Å². The van der Waals surface area contributed by atoms with E-state index in [4.69, 9.17) is 16.2 Å². The predicted molar refractivity (Wildman–Crippen MR) is 167 cm³/mol. The Kier molecular flexibility index (Phi) is 5.84. The Morgan fingerprint density at radius 2 is 1.61 bits per heavy atom. The zero-order valence-electron chi connectivity index (χ0n) is 24.3. The zero-order chi connectivity index (χ0) is 28.8. The Balaban J connectivity index is 1.30. The van der Waals surface area contributed by atoms with Gasteiger partial charge in [0.2, 0.25) is 0 Å². The molecule has 3 aromatic heterocycles. The van der Waals surface area contributed by atoms with Crippen LogP contribution in [0.25, 0.3) is 44.4 Å². The van der Waals surface area contributed by atoms with Crippen molar-refractivity contribution in [2.75, 3.05) is 0 Å². The summed E-state index contributed by atoms with van der Waals surface area (Å²) in [6.45, 7) is 6.30. The Hall–Kier alpha value is -5.16. The van der Waals surface area contributed by atoms with Gasteiger partial charge in [-0.25, -0.2) is 9.67 Å². The Morgan fingerprint density at radius 1 is 0.780 bits per heavy atom. The van der Waals surface area contributed by atoms with Crippen LogP contribution in [0.5, 0.6) is 11.5 Å². The second-order valence-electron chi connectivity index (χ2n) is 10.3. The third-order valence-corrected chi connectivity index (χ3v) is 7.68. The lowest BCUT2D eigenvalue weighted by Crippen LogP contribution is -2.00. The van der Waals surface area contributed by atoms with Gasteiger partial charge in [-0.2, -0.15) is 5.10 Å². The van der Waals surface area contributed by atoms with Crippen LogP contribution in [-0.4, -0.2) is 19.3 Å². The number of fused-ring (bicyclic) bond motifs is 3. The highest BCUT2D eigenvalue weighted by molar-refractivity contribution is 6.09. The molecule has 0 aliphatic carbocycles. The van der Waals surface area contributed by atoms with Gasteiger partial charge in [0.1, 0.15) is 17.3 Å². The fourth-order valence-electron chi connectivity index (χ4n) is 5.73. The second kappa shape index (κ2) is 10.1. The summed E-state index contributed by atoms with van der Waals surface area (Å²) in [4.78, 5) is 4.72. The quantitative estimate of drug-likeness (QED) is 0.213. The molecule has 0 atom stereocenters. The molecule has 0 aliphatic heterocycles. The first kappa shape index (κ1) is 23.7. The third kappa shape index (κ3) is 4.36. The Morgan fingerprint density at radius 3 is 2.46 bits per heavy atom. The molecule has 5 nitrogen and oxygen atoms in total. The molecule has 7 aromatic rings. The zero-order valence-corrected chi connectivity index (χ0v) is 23.3. The van der Waals surface area contributed by atoms with Crippen LogP contribution >= 0.6 is 0 Å². The van der Waals surface area contributed by atoms with E-state index >= 15 is 0 Å². The van der Waals surface area contributed by atoms with Gasteiger partial charge in [-0.1, -0.05) is 61.5 Å². The van der Waals surface area contributed by atoms with Gasteiger partial charge in [-0.05, 0) is 73.9 Å².